The van der Waals surface area contributed by atoms with Gasteiger partial charge in [-0.05, 0) is 48.1 Å². The Hall–Kier alpha value is -4.30. The first-order valence-electron chi connectivity index (χ1n) is 23.2. The van der Waals surface area contributed by atoms with Crippen molar-refractivity contribution in [1.29, 1.82) is 0 Å². The Morgan fingerprint density at radius 3 is 1.42 bits per heavy atom. The minimum absolute atomic E-state index is 0.0165. The van der Waals surface area contributed by atoms with Gasteiger partial charge in [0.2, 0.25) is 0 Å². The van der Waals surface area contributed by atoms with Crippen molar-refractivity contribution in [3.05, 3.63) is 179 Å². The maximum absolute atomic E-state index is 11.6. The Balaban J connectivity index is 1.15. The van der Waals surface area contributed by atoms with Crippen molar-refractivity contribution in [2.45, 2.75) is 135 Å². The van der Waals surface area contributed by atoms with Crippen LogP contribution in [0.5, 0.6) is 0 Å². The lowest BCUT2D eigenvalue weighted by molar-refractivity contribution is -0.378. The van der Waals surface area contributed by atoms with E-state index in [-0.39, 0.29) is 43.9 Å². The molecular weight excluding hydrogens is 821 g/mol. The van der Waals surface area contributed by atoms with E-state index in [1.165, 1.54) is 0 Å². The minimum Gasteiger partial charge on any atom is -0.388 e. The van der Waals surface area contributed by atoms with Crippen LogP contribution in [0.2, 0.25) is 0 Å². The van der Waals surface area contributed by atoms with Gasteiger partial charge in [-0.25, -0.2) is 0 Å². The molecule has 0 amide bonds. The third kappa shape index (κ3) is 13.9. The maximum Gasteiger partial charge on any atom is 0.189 e. The molecule has 2 aliphatic rings. The fraction of sp³-hybridized carbons (Fsp3) is 0.455. The van der Waals surface area contributed by atoms with Gasteiger partial charge in [-0.15, -0.1) is 0 Å². The van der Waals surface area contributed by atoms with Gasteiger partial charge in [0.05, 0.1) is 70.2 Å². The first-order valence-corrected chi connectivity index (χ1v) is 23.2. The summed E-state index contributed by atoms with van der Waals surface area (Å²) in [5.74, 6) is -0.222. The molecule has 0 bridgehead atoms. The quantitative estimate of drug-likeness (QED) is 0.0682. The molecular formula is C55H68O10. The van der Waals surface area contributed by atoms with Gasteiger partial charge in [-0.3, -0.25) is 0 Å². The van der Waals surface area contributed by atoms with Crippen molar-refractivity contribution < 1.29 is 47.7 Å². The lowest BCUT2D eigenvalue weighted by atomic mass is 9.85. The first-order chi connectivity index (χ1) is 31.7. The molecule has 10 nitrogen and oxygen atoms in total. The van der Waals surface area contributed by atoms with E-state index >= 15 is 0 Å². The highest BCUT2D eigenvalue weighted by Gasteiger charge is 2.52. The van der Waals surface area contributed by atoms with E-state index in [0.717, 1.165) is 27.8 Å². The number of ether oxygens (including phenoxy) is 9. The van der Waals surface area contributed by atoms with Crippen LogP contribution in [-0.4, -0.2) is 79.2 Å². The monoisotopic (exact) mass is 888 g/mol. The van der Waals surface area contributed by atoms with Gasteiger partial charge in [-0.2, -0.15) is 0 Å². The van der Waals surface area contributed by atoms with Crippen molar-refractivity contribution >= 4 is 0 Å². The summed E-state index contributed by atoms with van der Waals surface area (Å²) in [5, 5.41) is 11.6. The molecule has 2 fully saturated rings. The second-order valence-corrected chi connectivity index (χ2v) is 17.8. The fourth-order valence-corrected chi connectivity index (χ4v) is 8.44. The topological polar surface area (TPSA) is 103 Å². The van der Waals surface area contributed by atoms with Crippen LogP contribution >= 0.6 is 0 Å². The molecule has 10 heteroatoms. The molecule has 5 aromatic carbocycles. The molecule has 348 valence electrons. The average Bonchev–Trinajstić information content (AvgIpc) is 3.34. The Bertz CT molecular complexity index is 2060. The van der Waals surface area contributed by atoms with Gasteiger partial charge in [0.15, 0.2) is 12.6 Å². The van der Waals surface area contributed by atoms with Crippen LogP contribution in [0.1, 0.15) is 68.9 Å². The Morgan fingerprint density at radius 1 is 0.492 bits per heavy atom. The molecule has 1 N–H and O–H groups in total. The highest BCUT2D eigenvalue weighted by Crippen LogP contribution is 2.38. The molecule has 0 aromatic heterocycles. The van der Waals surface area contributed by atoms with Gasteiger partial charge in [0, 0.05) is 11.8 Å². The molecule has 2 saturated heterocycles. The summed E-state index contributed by atoms with van der Waals surface area (Å²) in [6.07, 6.45) is -5.26. The summed E-state index contributed by atoms with van der Waals surface area (Å²) in [6, 6.07) is 50.3. The number of benzene rings is 5. The first kappa shape index (κ1) is 48.6. The Kier molecular flexibility index (Phi) is 18.3. The minimum atomic E-state index is -0.969. The Labute approximate surface area is 386 Å². The number of hydrogen-bond acceptors (Lipinski definition) is 10. The van der Waals surface area contributed by atoms with Crippen LogP contribution in [0.15, 0.2) is 152 Å². The smallest absolute Gasteiger partial charge is 0.189 e. The number of rotatable bonds is 23. The van der Waals surface area contributed by atoms with Crippen molar-refractivity contribution in [3.8, 4) is 0 Å². The van der Waals surface area contributed by atoms with E-state index < -0.39 is 48.7 Å². The van der Waals surface area contributed by atoms with Crippen LogP contribution in [0.4, 0.5) is 0 Å². The molecule has 5 aromatic rings. The molecule has 2 heterocycles. The number of aliphatic hydroxyl groups is 1. The summed E-state index contributed by atoms with van der Waals surface area (Å²) >= 11 is 0. The molecule has 0 saturated carbocycles. The zero-order valence-corrected chi connectivity index (χ0v) is 38.6. The molecule has 11 atom stereocenters. The van der Waals surface area contributed by atoms with Gasteiger partial charge >= 0.3 is 0 Å². The van der Waals surface area contributed by atoms with Crippen LogP contribution in [0.25, 0.3) is 0 Å². The molecule has 7 rings (SSSR count). The summed E-state index contributed by atoms with van der Waals surface area (Å²) in [4.78, 5) is 0. The maximum atomic E-state index is 11.6. The van der Waals surface area contributed by atoms with Crippen LogP contribution in [-0.2, 0) is 75.7 Å². The largest absolute Gasteiger partial charge is 0.388 e. The van der Waals surface area contributed by atoms with Crippen LogP contribution in [0.3, 0.4) is 0 Å². The number of hydrogen-bond donors (Lipinski definition) is 1. The fourth-order valence-electron chi connectivity index (χ4n) is 8.44. The third-order valence-electron chi connectivity index (χ3n) is 12.6. The standard InChI is InChI=1S/C55H68O10/c1-6-46-50(61-38-48(56)55(4,5)62-36-45-30-20-11-21-31-45)51(59-34-43-26-16-9-17-27-43)52(60-35-44-28-18-10-19-29-44)54(63-46)65-53-40(3)49(58-33-42-24-14-8-15-25-42)39(2)47(64-53)37-57-32-41-22-12-7-13-23-41/h7-31,39-40,46-54,56H,6,32-38H2,1-5H3/t39-,40?,46?,47-,48+,49?,50-,51+,52?,53-,54-/m1/s1. The van der Waals surface area contributed by atoms with Gasteiger partial charge in [0.1, 0.15) is 24.4 Å². The molecule has 4 unspecified atom stereocenters. The Morgan fingerprint density at radius 2 is 0.923 bits per heavy atom. The summed E-state index contributed by atoms with van der Waals surface area (Å²) in [7, 11) is 0. The summed E-state index contributed by atoms with van der Waals surface area (Å²) in [6.45, 7) is 12.2. The summed E-state index contributed by atoms with van der Waals surface area (Å²) in [5.41, 5.74) is 4.25. The van der Waals surface area contributed by atoms with Crippen molar-refractivity contribution in [2.75, 3.05) is 13.2 Å². The van der Waals surface area contributed by atoms with E-state index in [2.05, 4.69) is 45.0 Å². The van der Waals surface area contributed by atoms with Crippen LogP contribution < -0.4 is 0 Å². The van der Waals surface area contributed by atoms with Crippen molar-refractivity contribution in [2.24, 2.45) is 11.8 Å². The van der Waals surface area contributed by atoms with E-state index in [9.17, 15) is 5.11 Å². The average molecular weight is 889 g/mol. The van der Waals surface area contributed by atoms with E-state index in [0.29, 0.717) is 32.8 Å². The highest BCUT2D eigenvalue weighted by atomic mass is 16.8. The molecule has 65 heavy (non-hydrogen) atoms. The van der Waals surface area contributed by atoms with Gasteiger partial charge < -0.3 is 47.7 Å². The van der Waals surface area contributed by atoms with Gasteiger partial charge in [0.25, 0.3) is 0 Å². The van der Waals surface area contributed by atoms with E-state index in [4.69, 9.17) is 42.6 Å². The normalized spacial score (nSPS) is 26.4. The molecule has 0 spiro atoms. The van der Waals surface area contributed by atoms with Crippen molar-refractivity contribution in [1.82, 2.24) is 0 Å². The zero-order valence-electron chi connectivity index (χ0n) is 38.6. The third-order valence-corrected chi connectivity index (χ3v) is 12.6. The lowest BCUT2D eigenvalue weighted by Crippen LogP contribution is -2.63. The van der Waals surface area contributed by atoms with Crippen LogP contribution in [0, 0.1) is 11.8 Å². The molecule has 0 aliphatic carbocycles. The summed E-state index contributed by atoms with van der Waals surface area (Å²) < 4.78 is 60.8. The zero-order chi connectivity index (χ0) is 45.4. The van der Waals surface area contributed by atoms with Crippen molar-refractivity contribution in [3.63, 3.8) is 0 Å². The van der Waals surface area contributed by atoms with Gasteiger partial charge in [-0.1, -0.05) is 172 Å². The predicted molar refractivity (Wildman–Crippen MR) is 249 cm³/mol. The number of aliphatic hydroxyl groups excluding tert-OH is 1. The highest BCUT2D eigenvalue weighted by molar-refractivity contribution is 5.17. The molecule has 2 aliphatic heterocycles. The van der Waals surface area contributed by atoms with E-state index in [1.54, 1.807) is 0 Å². The lowest BCUT2D eigenvalue weighted by Gasteiger charge is -2.49. The second-order valence-electron chi connectivity index (χ2n) is 17.8. The SMILES string of the molecule is CCC1O[C@H](O[C@H]2O[C@H](COCc3ccccc3)[C@@H](C)C(OCc3ccccc3)C2C)C(OCc2ccccc2)[C@@H](OCc2ccccc2)[C@@H]1OC[C@H](O)C(C)(C)OCc1ccccc1. The second kappa shape index (κ2) is 24.5. The predicted octanol–water partition coefficient (Wildman–Crippen LogP) is 9.85. The van der Waals surface area contributed by atoms with E-state index in [1.807, 2.05) is 141 Å². The molecule has 0 radical (unpaired) electrons.